The zero-order valence-electron chi connectivity index (χ0n) is 43.1. The number of Topliss-reactive ketones (excluding diaryl/α,β-unsaturated/α-hetero) is 2. The van der Waals surface area contributed by atoms with E-state index in [-0.39, 0.29) is 47.8 Å². The van der Waals surface area contributed by atoms with E-state index in [9.17, 15) is 49.8 Å². The van der Waals surface area contributed by atoms with Gasteiger partial charge in [-0.1, -0.05) is 41.5 Å². The second-order valence-corrected chi connectivity index (χ2v) is 18.0. The summed E-state index contributed by atoms with van der Waals surface area (Å²) in [5.74, 6) is -3.16. The van der Waals surface area contributed by atoms with Gasteiger partial charge in [-0.15, -0.1) is 0 Å². The summed E-state index contributed by atoms with van der Waals surface area (Å²) in [6.45, 7) is 14.5. The van der Waals surface area contributed by atoms with Crippen LogP contribution in [-0.2, 0) is 80.8 Å². The quantitative estimate of drug-likeness (QED) is 0.0794. The summed E-state index contributed by atoms with van der Waals surface area (Å²) in [4.78, 5) is 45.7. The Labute approximate surface area is 409 Å². The molecule has 4 rings (SSSR count). The van der Waals surface area contributed by atoms with E-state index >= 15 is 0 Å². The summed E-state index contributed by atoms with van der Waals surface area (Å²) in [5, 5.41) is 77.5. The Hall–Kier alpha value is -2.48. The van der Waals surface area contributed by atoms with Crippen molar-refractivity contribution in [2.75, 3.05) is 56.9 Å². The summed E-state index contributed by atoms with van der Waals surface area (Å²) >= 11 is 0. The van der Waals surface area contributed by atoms with Crippen molar-refractivity contribution in [2.24, 2.45) is 23.7 Å². The van der Waals surface area contributed by atoms with Crippen LogP contribution in [0.5, 0.6) is 0 Å². The molecule has 0 saturated carbocycles. The third-order valence-corrected chi connectivity index (χ3v) is 11.9. The largest absolute Gasteiger partial charge is 0.479 e. The highest BCUT2D eigenvalue weighted by atomic mass is 16.7. The maximum atomic E-state index is 11.9. The topological polar surface area (TPSA) is 350 Å². The summed E-state index contributed by atoms with van der Waals surface area (Å²) in [7, 11) is 10.9. The number of carbonyl (C=O) groups excluding carboxylic acids is 2. The first-order valence-electron chi connectivity index (χ1n) is 22.8. The number of aliphatic hydroxyl groups excluding tert-OH is 6. The number of hydrogen-bond acceptors (Lipinski definition) is 23. The molecular weight excluding hydrogens is 940 g/mol. The molecule has 4 aliphatic rings. The average Bonchev–Trinajstić information content (AvgIpc) is 3.30. The van der Waals surface area contributed by atoms with Crippen LogP contribution >= 0.6 is 0 Å². The van der Waals surface area contributed by atoms with Crippen LogP contribution in [0.2, 0.25) is 0 Å². The minimum absolute atomic E-state index is 0.0143. The third kappa shape index (κ3) is 17.3. The number of aliphatic carboxylic acids is 2. The number of aliphatic hydroxyl groups is 6. The van der Waals surface area contributed by atoms with E-state index < -0.39 is 129 Å². The lowest BCUT2D eigenvalue weighted by Gasteiger charge is -2.43. The lowest BCUT2D eigenvalue weighted by molar-refractivity contribution is -0.304. The maximum Gasteiger partial charge on any atom is 0.335 e. The Morgan fingerprint density at radius 3 is 1.19 bits per heavy atom. The van der Waals surface area contributed by atoms with Gasteiger partial charge in [-0.25, -0.2) is 9.59 Å². The number of carbonyl (C=O) groups is 4. The minimum atomic E-state index is -1.29. The Morgan fingerprint density at radius 2 is 0.814 bits per heavy atom. The van der Waals surface area contributed by atoms with Gasteiger partial charge in [-0.3, -0.25) is 9.59 Å². The van der Waals surface area contributed by atoms with Crippen LogP contribution in [0.15, 0.2) is 0 Å². The van der Waals surface area contributed by atoms with Crippen molar-refractivity contribution in [1.29, 1.82) is 0 Å². The predicted octanol–water partition coefficient (Wildman–Crippen LogP) is -1.27. The summed E-state index contributed by atoms with van der Waals surface area (Å²) in [6.07, 6.45) is -18.9. The van der Waals surface area contributed by atoms with Crippen LogP contribution in [-0.4, -0.2) is 244 Å². The number of ether oxygens (including phenoxy) is 13. The molecule has 0 aromatic carbocycles. The number of carboxylic acid groups (broad SMARTS) is 2. The van der Waals surface area contributed by atoms with Gasteiger partial charge in [0.2, 0.25) is 0 Å². The molecule has 0 aliphatic carbocycles. The Balaban J connectivity index is 0.000000467. The van der Waals surface area contributed by atoms with Crippen molar-refractivity contribution in [1.82, 2.24) is 0 Å². The van der Waals surface area contributed by atoms with E-state index in [0.717, 1.165) is 0 Å². The molecule has 4 saturated heterocycles. The van der Waals surface area contributed by atoms with Crippen LogP contribution in [0.1, 0.15) is 61.8 Å². The fourth-order valence-electron chi connectivity index (χ4n) is 8.03. The van der Waals surface area contributed by atoms with Crippen LogP contribution in [0.3, 0.4) is 0 Å². The lowest BCUT2D eigenvalue weighted by atomic mass is 9.83. The van der Waals surface area contributed by atoms with Gasteiger partial charge in [0.15, 0.2) is 43.2 Å². The van der Waals surface area contributed by atoms with E-state index in [1.165, 1.54) is 56.9 Å². The molecule has 0 radical (unpaired) electrons. The van der Waals surface area contributed by atoms with Gasteiger partial charge in [0.05, 0.1) is 18.3 Å². The van der Waals surface area contributed by atoms with E-state index in [0.29, 0.717) is 0 Å². The third-order valence-electron chi connectivity index (χ3n) is 11.9. The minimum Gasteiger partial charge on any atom is -0.479 e. The number of rotatable bonds is 18. The number of hydrogen-bond donors (Lipinski definition) is 8. The highest BCUT2D eigenvalue weighted by Crippen LogP contribution is 2.34. The van der Waals surface area contributed by atoms with Gasteiger partial charge in [0, 0.05) is 81.1 Å². The van der Waals surface area contributed by atoms with Crippen molar-refractivity contribution in [2.45, 2.75) is 185 Å². The molecular formula is C45H82O25. The van der Waals surface area contributed by atoms with Gasteiger partial charge in [0.1, 0.15) is 72.9 Å². The van der Waals surface area contributed by atoms with Crippen molar-refractivity contribution in [3.05, 3.63) is 0 Å². The van der Waals surface area contributed by atoms with Crippen molar-refractivity contribution in [3.8, 4) is 0 Å². The summed E-state index contributed by atoms with van der Waals surface area (Å²) in [6, 6.07) is 0. The zero-order valence-corrected chi connectivity index (χ0v) is 43.1. The molecule has 0 spiro atoms. The molecule has 70 heavy (non-hydrogen) atoms. The van der Waals surface area contributed by atoms with E-state index in [1.807, 2.05) is 13.8 Å². The monoisotopic (exact) mass is 1020 g/mol. The Morgan fingerprint density at radius 1 is 0.429 bits per heavy atom. The van der Waals surface area contributed by atoms with E-state index in [4.69, 9.17) is 71.8 Å². The standard InChI is InChI=1S/C12H22O6.C11H20O7.2C11H20O6/c1-6(2)7(13)5-8-11(16-3)9(14)10(15)12(17-4)18-8;1-5(2)17-8-6(12)7(15-3)9(10(13)14)18-11(8)16-4;1-5(2)6(12)10-9(15-3)7(13)8(14)11(16-4)17-10;1-5(2)6-7(12)8(15-3)9(10(13)14)17-11(6)16-4/h6,8-12,14-15H,5H2,1-4H3;5-9,11-12H,1-4H3,(H,13,14);5,7-11,13-14H,1-4H3;5-9,11-12H,1-4H3,(H,13,14). The first-order valence-corrected chi connectivity index (χ1v) is 22.8. The number of methoxy groups -OCH3 is 8. The smallest absolute Gasteiger partial charge is 0.335 e. The molecule has 0 aromatic rings. The van der Waals surface area contributed by atoms with Crippen LogP contribution in [0.25, 0.3) is 0 Å². The van der Waals surface area contributed by atoms with E-state index in [2.05, 4.69) is 0 Å². The van der Waals surface area contributed by atoms with Crippen LogP contribution in [0.4, 0.5) is 0 Å². The molecule has 4 fully saturated rings. The summed E-state index contributed by atoms with van der Waals surface area (Å²) in [5.41, 5.74) is 0. The zero-order chi connectivity index (χ0) is 54.1. The SMILES string of the molecule is COC1OC(C(=O)C(C)C)C(OC)C(O)C1O.COC1OC(C(=O)O)C(OC)C(O)C1C(C)C.COC1OC(C(=O)O)C(OC)C(O)C1OC(C)C.COC1OC(CC(=O)C(C)C)C(OC)C(O)C1O. The Kier molecular flexibility index (Phi) is 29.3. The van der Waals surface area contributed by atoms with Crippen LogP contribution < -0.4 is 0 Å². The average molecular weight is 1020 g/mol. The molecule has 20 unspecified atom stereocenters. The highest BCUT2D eigenvalue weighted by Gasteiger charge is 2.52. The normalized spacial score (nSPS) is 37.6. The lowest BCUT2D eigenvalue weighted by Crippen LogP contribution is -2.61. The first-order chi connectivity index (χ1) is 32.7. The molecule has 25 nitrogen and oxygen atoms in total. The molecule has 25 heteroatoms. The van der Waals surface area contributed by atoms with Gasteiger partial charge in [0.25, 0.3) is 0 Å². The maximum absolute atomic E-state index is 11.9. The fourth-order valence-corrected chi connectivity index (χ4v) is 8.03. The van der Waals surface area contributed by atoms with Gasteiger partial charge < -0.3 is 102 Å². The van der Waals surface area contributed by atoms with Crippen LogP contribution in [0, 0.1) is 23.7 Å². The van der Waals surface area contributed by atoms with E-state index in [1.54, 1.807) is 41.5 Å². The molecule has 20 atom stereocenters. The first kappa shape index (κ1) is 65.5. The molecule has 412 valence electrons. The summed E-state index contributed by atoms with van der Waals surface area (Å²) < 4.78 is 67.0. The highest BCUT2D eigenvalue weighted by molar-refractivity contribution is 5.85. The molecule has 8 N–H and O–H groups in total. The second-order valence-electron chi connectivity index (χ2n) is 18.0. The number of carboxylic acids is 2. The fraction of sp³-hybridized carbons (Fsp3) is 0.911. The number of ketones is 2. The Bertz CT molecular complexity index is 1530. The molecule has 4 aliphatic heterocycles. The van der Waals surface area contributed by atoms with Gasteiger partial charge >= 0.3 is 11.9 Å². The molecule has 0 amide bonds. The van der Waals surface area contributed by atoms with Crippen molar-refractivity contribution < 1.29 is 122 Å². The predicted molar refractivity (Wildman–Crippen MR) is 240 cm³/mol. The van der Waals surface area contributed by atoms with Crippen molar-refractivity contribution in [3.63, 3.8) is 0 Å². The van der Waals surface area contributed by atoms with Gasteiger partial charge in [-0.2, -0.15) is 0 Å². The van der Waals surface area contributed by atoms with Gasteiger partial charge in [-0.05, 0) is 19.8 Å². The van der Waals surface area contributed by atoms with Crippen molar-refractivity contribution >= 4 is 23.5 Å². The molecule has 0 bridgehead atoms. The molecule has 0 aromatic heterocycles. The molecule has 4 heterocycles. The second kappa shape index (κ2) is 31.3.